The number of piperidine rings is 1. The Hall–Kier alpha value is -0.900. The second-order valence-corrected chi connectivity index (χ2v) is 3.30. The summed E-state index contributed by atoms with van der Waals surface area (Å²) in [7, 11) is 1.91. The molecule has 0 amide bonds. The Balaban J connectivity index is 2.08. The molecule has 2 rings (SSSR count). The highest BCUT2D eigenvalue weighted by Crippen LogP contribution is 2.20. The molecular formula is C8H14N4. The quantitative estimate of drug-likeness (QED) is 0.651. The van der Waals surface area contributed by atoms with E-state index in [-0.39, 0.29) is 0 Å². The minimum Gasteiger partial charge on any atom is -0.317 e. The number of hydrogen-bond acceptors (Lipinski definition) is 3. The molecule has 1 N–H and O–H groups in total. The van der Waals surface area contributed by atoms with Gasteiger partial charge in [0.05, 0.1) is 0 Å². The standard InChI is InChI=1S/C8H14N4/c1-12-6-10-8(11-12)7-2-4-9-5-3-7/h6-7,9H,2-5H2,1H3. The summed E-state index contributed by atoms with van der Waals surface area (Å²) in [5, 5.41) is 7.64. The van der Waals surface area contributed by atoms with Crippen molar-refractivity contribution in [3.05, 3.63) is 12.2 Å². The van der Waals surface area contributed by atoms with Crippen molar-refractivity contribution in [3.8, 4) is 0 Å². The van der Waals surface area contributed by atoms with Gasteiger partial charge in [-0.3, -0.25) is 4.68 Å². The Morgan fingerprint density at radius 2 is 2.25 bits per heavy atom. The molecule has 1 saturated heterocycles. The van der Waals surface area contributed by atoms with Gasteiger partial charge in [-0.25, -0.2) is 4.98 Å². The zero-order valence-electron chi connectivity index (χ0n) is 7.32. The highest BCUT2D eigenvalue weighted by molar-refractivity contribution is 4.95. The van der Waals surface area contributed by atoms with Crippen LogP contribution in [0.5, 0.6) is 0 Å². The van der Waals surface area contributed by atoms with Crippen LogP contribution in [0.3, 0.4) is 0 Å². The van der Waals surface area contributed by atoms with E-state index in [9.17, 15) is 0 Å². The molecule has 0 radical (unpaired) electrons. The van der Waals surface area contributed by atoms with Gasteiger partial charge in [0.2, 0.25) is 0 Å². The first-order valence-electron chi connectivity index (χ1n) is 4.42. The van der Waals surface area contributed by atoms with Crippen LogP contribution >= 0.6 is 0 Å². The molecule has 66 valence electrons. The van der Waals surface area contributed by atoms with Crippen LogP contribution in [0.4, 0.5) is 0 Å². The zero-order valence-corrected chi connectivity index (χ0v) is 7.32. The SMILES string of the molecule is Cn1cnc(C2CCNCC2)n1. The molecule has 1 aromatic heterocycles. The molecule has 0 saturated carbocycles. The van der Waals surface area contributed by atoms with E-state index < -0.39 is 0 Å². The average Bonchev–Trinajstić information content (AvgIpc) is 2.54. The van der Waals surface area contributed by atoms with E-state index in [4.69, 9.17) is 0 Å². The van der Waals surface area contributed by atoms with Gasteiger partial charge in [-0.05, 0) is 25.9 Å². The Labute approximate surface area is 72.0 Å². The second-order valence-electron chi connectivity index (χ2n) is 3.30. The largest absolute Gasteiger partial charge is 0.317 e. The maximum absolute atomic E-state index is 4.31. The Kier molecular flexibility index (Phi) is 2.08. The van der Waals surface area contributed by atoms with Crippen molar-refractivity contribution >= 4 is 0 Å². The van der Waals surface area contributed by atoms with Crippen molar-refractivity contribution < 1.29 is 0 Å². The van der Waals surface area contributed by atoms with Crippen LogP contribution < -0.4 is 5.32 Å². The average molecular weight is 166 g/mol. The summed E-state index contributed by atoms with van der Waals surface area (Å²) in [6.45, 7) is 2.20. The first kappa shape index (κ1) is 7.73. The third-order valence-electron chi connectivity index (χ3n) is 2.32. The second kappa shape index (κ2) is 3.23. The smallest absolute Gasteiger partial charge is 0.153 e. The molecule has 0 spiro atoms. The van der Waals surface area contributed by atoms with Gasteiger partial charge in [0, 0.05) is 13.0 Å². The monoisotopic (exact) mass is 166 g/mol. The summed E-state index contributed by atoms with van der Waals surface area (Å²) in [6, 6.07) is 0. The number of nitrogens with zero attached hydrogens (tertiary/aromatic N) is 3. The van der Waals surface area contributed by atoms with E-state index in [1.54, 1.807) is 11.0 Å². The number of aryl methyl sites for hydroxylation is 1. The molecule has 0 aliphatic carbocycles. The summed E-state index contributed by atoms with van der Waals surface area (Å²) < 4.78 is 1.78. The fourth-order valence-corrected chi connectivity index (χ4v) is 1.62. The predicted molar refractivity (Wildman–Crippen MR) is 45.8 cm³/mol. The molecule has 4 nitrogen and oxygen atoms in total. The molecule has 0 atom stereocenters. The van der Waals surface area contributed by atoms with E-state index in [1.807, 2.05) is 7.05 Å². The summed E-state index contributed by atoms with van der Waals surface area (Å²) in [5.74, 6) is 1.59. The van der Waals surface area contributed by atoms with Crippen molar-refractivity contribution in [3.63, 3.8) is 0 Å². The van der Waals surface area contributed by atoms with Gasteiger partial charge in [-0.2, -0.15) is 5.10 Å². The number of aromatic nitrogens is 3. The predicted octanol–water partition coefficient (Wildman–Crippen LogP) is 0.282. The molecule has 4 heteroatoms. The first-order valence-corrected chi connectivity index (χ1v) is 4.42. The number of nitrogens with one attached hydrogen (secondary N) is 1. The molecule has 0 bridgehead atoms. The van der Waals surface area contributed by atoms with Gasteiger partial charge in [0.1, 0.15) is 6.33 Å². The lowest BCUT2D eigenvalue weighted by molar-refractivity contribution is 0.443. The van der Waals surface area contributed by atoms with Crippen LogP contribution in [-0.2, 0) is 7.05 Å². The Morgan fingerprint density at radius 3 is 2.83 bits per heavy atom. The van der Waals surface area contributed by atoms with Crippen LogP contribution in [0.2, 0.25) is 0 Å². The van der Waals surface area contributed by atoms with Gasteiger partial charge < -0.3 is 5.32 Å². The third kappa shape index (κ3) is 1.48. The van der Waals surface area contributed by atoms with E-state index in [2.05, 4.69) is 15.4 Å². The third-order valence-corrected chi connectivity index (χ3v) is 2.32. The zero-order chi connectivity index (χ0) is 8.39. The highest BCUT2D eigenvalue weighted by atomic mass is 15.3. The lowest BCUT2D eigenvalue weighted by Gasteiger charge is -2.19. The van der Waals surface area contributed by atoms with Crippen molar-refractivity contribution in [1.82, 2.24) is 20.1 Å². The van der Waals surface area contributed by atoms with Crippen LogP contribution in [-0.4, -0.2) is 27.9 Å². The Morgan fingerprint density at radius 1 is 1.50 bits per heavy atom. The van der Waals surface area contributed by atoms with Crippen LogP contribution in [0, 0.1) is 0 Å². The van der Waals surface area contributed by atoms with E-state index in [0.29, 0.717) is 5.92 Å². The van der Waals surface area contributed by atoms with Crippen molar-refractivity contribution in [2.75, 3.05) is 13.1 Å². The van der Waals surface area contributed by atoms with E-state index in [1.165, 1.54) is 12.8 Å². The lowest BCUT2D eigenvalue weighted by atomic mass is 9.98. The normalized spacial score (nSPS) is 19.8. The Bertz CT molecular complexity index is 249. The lowest BCUT2D eigenvalue weighted by Crippen LogP contribution is -2.27. The molecule has 1 aliphatic rings. The van der Waals surface area contributed by atoms with Crippen molar-refractivity contribution in [2.45, 2.75) is 18.8 Å². The maximum Gasteiger partial charge on any atom is 0.153 e. The van der Waals surface area contributed by atoms with Gasteiger partial charge in [0.25, 0.3) is 0 Å². The summed E-state index contributed by atoms with van der Waals surface area (Å²) >= 11 is 0. The fraction of sp³-hybridized carbons (Fsp3) is 0.750. The molecule has 0 aromatic carbocycles. The molecular weight excluding hydrogens is 152 g/mol. The van der Waals surface area contributed by atoms with Crippen molar-refractivity contribution in [1.29, 1.82) is 0 Å². The summed E-state index contributed by atoms with van der Waals surface area (Å²) in [5.41, 5.74) is 0. The van der Waals surface area contributed by atoms with E-state index >= 15 is 0 Å². The molecule has 1 fully saturated rings. The highest BCUT2D eigenvalue weighted by Gasteiger charge is 2.18. The van der Waals surface area contributed by atoms with Crippen molar-refractivity contribution in [2.24, 2.45) is 7.05 Å². The van der Waals surface area contributed by atoms with Gasteiger partial charge in [0.15, 0.2) is 5.82 Å². The minimum atomic E-state index is 0.576. The fourth-order valence-electron chi connectivity index (χ4n) is 1.62. The van der Waals surface area contributed by atoms with Crippen LogP contribution in [0.15, 0.2) is 6.33 Å². The molecule has 1 aliphatic heterocycles. The summed E-state index contributed by atoms with van der Waals surface area (Å²) in [4.78, 5) is 4.26. The maximum atomic E-state index is 4.31. The summed E-state index contributed by atoms with van der Waals surface area (Å²) in [6.07, 6.45) is 4.12. The van der Waals surface area contributed by atoms with Gasteiger partial charge in [-0.1, -0.05) is 0 Å². The first-order chi connectivity index (χ1) is 5.86. The minimum absolute atomic E-state index is 0.576. The number of hydrogen-bond donors (Lipinski definition) is 1. The van der Waals surface area contributed by atoms with Crippen LogP contribution in [0.1, 0.15) is 24.6 Å². The molecule has 2 heterocycles. The molecule has 0 unspecified atom stereocenters. The molecule has 1 aromatic rings. The van der Waals surface area contributed by atoms with Crippen LogP contribution in [0.25, 0.3) is 0 Å². The molecule has 12 heavy (non-hydrogen) atoms. The number of rotatable bonds is 1. The van der Waals surface area contributed by atoms with E-state index in [0.717, 1.165) is 18.9 Å². The van der Waals surface area contributed by atoms with Gasteiger partial charge in [-0.15, -0.1) is 0 Å². The van der Waals surface area contributed by atoms with Gasteiger partial charge >= 0.3 is 0 Å². The topological polar surface area (TPSA) is 42.7 Å².